The van der Waals surface area contributed by atoms with Crippen molar-refractivity contribution in [2.24, 2.45) is 0 Å². The van der Waals surface area contributed by atoms with Crippen molar-refractivity contribution >= 4 is 29.0 Å². The molecule has 0 saturated carbocycles. The minimum Gasteiger partial charge on any atom is -0.497 e. The molecule has 1 N–H and O–H groups in total. The van der Waals surface area contributed by atoms with Gasteiger partial charge in [0, 0.05) is 24.3 Å². The number of anilines is 2. The van der Waals surface area contributed by atoms with Gasteiger partial charge in [-0.25, -0.2) is 9.18 Å². The van der Waals surface area contributed by atoms with Gasteiger partial charge in [0.25, 0.3) is 0 Å². The summed E-state index contributed by atoms with van der Waals surface area (Å²) in [4.78, 5) is 14.7. The van der Waals surface area contributed by atoms with Gasteiger partial charge in [0.1, 0.15) is 17.4 Å². The average Bonchev–Trinajstić information content (AvgIpc) is 3.00. The fourth-order valence-corrected chi connectivity index (χ4v) is 3.78. The Hall–Kier alpha value is -3.13. The van der Waals surface area contributed by atoms with Crippen LogP contribution < -0.4 is 15.0 Å². The first kappa shape index (κ1) is 21.1. The van der Waals surface area contributed by atoms with Crippen LogP contribution in [0.15, 0.2) is 42.5 Å². The Morgan fingerprint density at radius 3 is 2.74 bits per heavy atom. The lowest BCUT2D eigenvalue weighted by molar-refractivity contribution is 0.256. The Kier molecular flexibility index (Phi) is 6.36. The van der Waals surface area contributed by atoms with Gasteiger partial charge in [-0.3, -0.25) is 4.90 Å². The number of benzene rings is 2. The van der Waals surface area contributed by atoms with Crippen molar-refractivity contribution in [2.45, 2.75) is 38.8 Å². The normalized spacial score (nSPS) is 13.3. The van der Waals surface area contributed by atoms with Crippen LogP contribution in [-0.2, 0) is 19.5 Å². The summed E-state index contributed by atoms with van der Waals surface area (Å²) in [6, 6.07) is 10.8. The number of hydrogen-bond acceptors (Lipinski definition) is 4. The first-order chi connectivity index (χ1) is 15.0. The summed E-state index contributed by atoms with van der Waals surface area (Å²) in [5, 5.41) is 11.4. The number of aryl methyl sites for hydroxylation is 1. The number of carbonyl (C=O) groups is 1. The molecule has 1 aliphatic heterocycles. The smallest absolute Gasteiger partial charge is 0.326 e. The van der Waals surface area contributed by atoms with Crippen LogP contribution in [0, 0.1) is 5.82 Å². The van der Waals surface area contributed by atoms with Gasteiger partial charge in [-0.05, 0) is 55.3 Å². The third-order valence-electron chi connectivity index (χ3n) is 5.29. The van der Waals surface area contributed by atoms with Crippen molar-refractivity contribution in [1.82, 2.24) is 14.8 Å². The number of carbonyl (C=O) groups excluding carboxylic acids is 1. The number of nitrogens with one attached hydrogen (secondary N) is 1. The predicted octanol–water partition coefficient (Wildman–Crippen LogP) is 5.04. The third kappa shape index (κ3) is 4.80. The summed E-state index contributed by atoms with van der Waals surface area (Å²) in [5.41, 5.74) is 1.06. The molecule has 31 heavy (non-hydrogen) atoms. The molecule has 9 heteroatoms. The SMILES string of the molecule is COc1ccc(NC(=O)N(Cc2nnc3n2CCCCC3)c2ccc(F)c(Cl)c2)cc1. The van der Waals surface area contributed by atoms with Crippen molar-refractivity contribution in [3.05, 3.63) is 65.0 Å². The summed E-state index contributed by atoms with van der Waals surface area (Å²) in [6.45, 7) is 0.993. The monoisotopic (exact) mass is 443 g/mol. The van der Waals surface area contributed by atoms with E-state index in [1.807, 2.05) is 0 Å². The first-order valence-corrected chi connectivity index (χ1v) is 10.5. The van der Waals surface area contributed by atoms with E-state index in [2.05, 4.69) is 20.1 Å². The molecular weight excluding hydrogens is 421 g/mol. The molecule has 0 atom stereocenters. The van der Waals surface area contributed by atoms with Crippen molar-refractivity contribution in [1.29, 1.82) is 0 Å². The van der Waals surface area contributed by atoms with E-state index in [1.54, 1.807) is 31.4 Å². The molecule has 2 aromatic carbocycles. The molecule has 0 bridgehead atoms. The zero-order valence-corrected chi connectivity index (χ0v) is 17.9. The molecule has 0 radical (unpaired) electrons. The van der Waals surface area contributed by atoms with Crippen LogP contribution in [0.5, 0.6) is 5.75 Å². The van der Waals surface area contributed by atoms with Gasteiger partial charge in [-0.1, -0.05) is 18.0 Å². The number of fused-ring (bicyclic) bond motifs is 1. The van der Waals surface area contributed by atoms with Crippen LogP contribution >= 0.6 is 11.6 Å². The lowest BCUT2D eigenvalue weighted by Crippen LogP contribution is -2.35. The fourth-order valence-electron chi connectivity index (χ4n) is 3.60. The number of halogens is 2. The van der Waals surface area contributed by atoms with Crippen LogP contribution in [-0.4, -0.2) is 27.9 Å². The largest absolute Gasteiger partial charge is 0.497 e. The summed E-state index contributed by atoms with van der Waals surface area (Å²) in [5.74, 6) is 1.76. The molecule has 0 unspecified atom stereocenters. The van der Waals surface area contributed by atoms with E-state index >= 15 is 0 Å². The minimum absolute atomic E-state index is 0.0557. The van der Waals surface area contributed by atoms with Gasteiger partial charge in [0.05, 0.1) is 18.7 Å². The molecule has 1 aliphatic rings. The Labute approximate surface area is 184 Å². The highest BCUT2D eigenvalue weighted by Gasteiger charge is 2.23. The second-order valence-electron chi connectivity index (χ2n) is 7.34. The Balaban J connectivity index is 1.63. The molecule has 162 valence electrons. The highest BCUT2D eigenvalue weighted by atomic mass is 35.5. The Bertz CT molecular complexity index is 1070. The third-order valence-corrected chi connectivity index (χ3v) is 5.58. The van der Waals surface area contributed by atoms with Gasteiger partial charge in [0.15, 0.2) is 5.82 Å². The van der Waals surface area contributed by atoms with Crippen molar-refractivity contribution in [3.8, 4) is 5.75 Å². The molecule has 0 fully saturated rings. The predicted molar refractivity (Wildman–Crippen MR) is 117 cm³/mol. The lowest BCUT2D eigenvalue weighted by atomic mass is 10.2. The molecular formula is C22H23ClFN5O2. The average molecular weight is 444 g/mol. The minimum atomic E-state index is -0.544. The Morgan fingerprint density at radius 1 is 1.19 bits per heavy atom. The number of methoxy groups -OCH3 is 1. The number of aromatic nitrogens is 3. The quantitative estimate of drug-likeness (QED) is 0.599. The first-order valence-electron chi connectivity index (χ1n) is 10.1. The number of amides is 2. The summed E-state index contributed by atoms with van der Waals surface area (Å²) >= 11 is 5.99. The summed E-state index contributed by atoms with van der Waals surface area (Å²) in [7, 11) is 1.58. The standard InChI is InChI=1S/C22H23ClFN5O2/c1-31-17-9-6-15(7-10-17)25-22(30)29(16-8-11-19(24)18(23)13-16)14-21-27-26-20-5-3-2-4-12-28(20)21/h6-11,13H,2-5,12,14H2,1H3,(H,25,30). The molecule has 7 nitrogen and oxygen atoms in total. The maximum absolute atomic E-state index is 13.7. The Morgan fingerprint density at radius 2 is 2.00 bits per heavy atom. The zero-order valence-electron chi connectivity index (χ0n) is 17.1. The summed E-state index contributed by atoms with van der Waals surface area (Å²) in [6.07, 6.45) is 4.12. The van der Waals surface area contributed by atoms with Crippen LogP contribution in [0.3, 0.4) is 0 Å². The topological polar surface area (TPSA) is 72.3 Å². The van der Waals surface area contributed by atoms with Gasteiger partial charge in [0.2, 0.25) is 0 Å². The number of nitrogens with zero attached hydrogens (tertiary/aromatic N) is 4. The van der Waals surface area contributed by atoms with Crippen LogP contribution in [0.2, 0.25) is 5.02 Å². The van der Waals surface area contributed by atoms with Crippen LogP contribution in [0.4, 0.5) is 20.6 Å². The molecule has 0 spiro atoms. The van der Waals surface area contributed by atoms with Gasteiger partial charge < -0.3 is 14.6 Å². The van der Waals surface area contributed by atoms with E-state index in [1.165, 1.54) is 23.1 Å². The molecule has 2 heterocycles. The maximum Gasteiger partial charge on any atom is 0.326 e. The highest BCUT2D eigenvalue weighted by Crippen LogP contribution is 2.26. The molecule has 2 amide bonds. The van der Waals surface area contributed by atoms with Crippen LogP contribution in [0.25, 0.3) is 0 Å². The second-order valence-corrected chi connectivity index (χ2v) is 7.75. The zero-order chi connectivity index (χ0) is 21.8. The van der Waals surface area contributed by atoms with E-state index < -0.39 is 5.82 Å². The number of hydrogen-bond donors (Lipinski definition) is 1. The van der Waals surface area contributed by atoms with Gasteiger partial charge in [-0.15, -0.1) is 10.2 Å². The van der Waals surface area contributed by atoms with E-state index in [0.29, 0.717) is 22.9 Å². The second kappa shape index (κ2) is 9.34. The van der Waals surface area contributed by atoms with Crippen molar-refractivity contribution in [2.75, 3.05) is 17.3 Å². The van der Waals surface area contributed by atoms with E-state index in [4.69, 9.17) is 16.3 Å². The van der Waals surface area contributed by atoms with E-state index in [9.17, 15) is 9.18 Å². The number of ether oxygens (including phenoxy) is 1. The molecule has 0 aliphatic carbocycles. The number of rotatable bonds is 5. The molecule has 1 aromatic heterocycles. The van der Waals surface area contributed by atoms with E-state index in [-0.39, 0.29) is 17.6 Å². The van der Waals surface area contributed by atoms with Crippen molar-refractivity contribution in [3.63, 3.8) is 0 Å². The maximum atomic E-state index is 13.7. The summed E-state index contributed by atoms with van der Waals surface area (Å²) < 4.78 is 21.0. The molecule has 3 aromatic rings. The lowest BCUT2D eigenvalue weighted by Gasteiger charge is -2.23. The molecule has 0 saturated heterocycles. The van der Waals surface area contributed by atoms with Gasteiger partial charge >= 0.3 is 6.03 Å². The van der Waals surface area contributed by atoms with Gasteiger partial charge in [-0.2, -0.15) is 0 Å². The highest BCUT2D eigenvalue weighted by molar-refractivity contribution is 6.31. The molecule has 4 rings (SSSR count). The van der Waals surface area contributed by atoms with Crippen molar-refractivity contribution < 1.29 is 13.9 Å². The number of urea groups is 1. The fraction of sp³-hybridized carbons (Fsp3) is 0.318. The van der Waals surface area contributed by atoms with Crippen LogP contribution in [0.1, 0.15) is 30.9 Å². The van der Waals surface area contributed by atoms with E-state index in [0.717, 1.165) is 38.1 Å².